The molecule has 3 heterocycles. The summed E-state index contributed by atoms with van der Waals surface area (Å²) in [5.74, 6) is 0.0303. The molecule has 0 radical (unpaired) electrons. The highest BCUT2D eigenvalue weighted by atomic mass is 16.5. The van der Waals surface area contributed by atoms with Gasteiger partial charge in [-0.1, -0.05) is 0 Å². The van der Waals surface area contributed by atoms with Gasteiger partial charge in [-0.3, -0.25) is 14.3 Å². The lowest BCUT2D eigenvalue weighted by Crippen LogP contribution is -2.57. The number of nitrogens with zero attached hydrogens (tertiary/aromatic N) is 3. The minimum absolute atomic E-state index is 0.0223. The first-order valence-corrected chi connectivity index (χ1v) is 9.79. The van der Waals surface area contributed by atoms with Crippen LogP contribution in [0.5, 0.6) is 0 Å². The van der Waals surface area contributed by atoms with Gasteiger partial charge >= 0.3 is 0 Å². The maximum Gasteiger partial charge on any atom is 0.275 e. The normalized spacial score (nSPS) is 27.5. The Morgan fingerprint density at radius 1 is 1.38 bits per heavy atom. The second-order valence-electron chi connectivity index (χ2n) is 7.88. The predicted molar refractivity (Wildman–Crippen MR) is 95.8 cm³/mol. The molecular weight excluding hydrogens is 332 g/mol. The van der Waals surface area contributed by atoms with E-state index < -0.39 is 0 Å². The molecule has 2 aliphatic heterocycles. The molecule has 1 spiro atoms. The molecule has 26 heavy (non-hydrogen) atoms. The molecule has 1 saturated carbocycles. The third kappa shape index (κ3) is 2.64. The second kappa shape index (κ2) is 6.37. The molecular formula is C19H28N4O3. The van der Waals surface area contributed by atoms with Gasteiger partial charge in [-0.2, -0.15) is 5.10 Å². The smallest absolute Gasteiger partial charge is 0.275 e. The van der Waals surface area contributed by atoms with Crippen molar-refractivity contribution in [3.05, 3.63) is 17.0 Å². The van der Waals surface area contributed by atoms with Crippen molar-refractivity contribution in [2.75, 3.05) is 13.1 Å². The van der Waals surface area contributed by atoms with Crippen LogP contribution in [-0.2, 0) is 22.5 Å². The average Bonchev–Trinajstić information content (AvgIpc) is 2.83. The fraction of sp³-hybridized carbons (Fsp3) is 0.737. The standard InChI is InChI=1S/C19H28N4O3/c1-4-23-17-13(3)26-12(2)10-14(17)16(21-23)18(25)22-9-8-20-15(24)11-19(22)6-5-7-19/h12-13H,4-11H2,1-3H3,(H,20,24)/t12-,13+/m1/s1. The van der Waals surface area contributed by atoms with Crippen molar-refractivity contribution in [1.29, 1.82) is 0 Å². The lowest BCUT2D eigenvalue weighted by molar-refractivity contribution is -0.123. The van der Waals surface area contributed by atoms with E-state index in [1.54, 1.807) is 0 Å². The molecule has 0 bridgehead atoms. The molecule has 4 rings (SSSR count). The first kappa shape index (κ1) is 17.5. The molecule has 2 amide bonds. The number of carbonyl (C=O) groups is 2. The lowest BCUT2D eigenvalue weighted by atomic mass is 9.72. The molecule has 1 N–H and O–H groups in total. The highest BCUT2D eigenvalue weighted by Crippen LogP contribution is 2.42. The number of fused-ring (bicyclic) bond motifs is 1. The van der Waals surface area contributed by atoms with E-state index in [0.717, 1.165) is 30.5 Å². The van der Waals surface area contributed by atoms with Crippen LogP contribution in [0, 0.1) is 0 Å². The van der Waals surface area contributed by atoms with Gasteiger partial charge in [0, 0.05) is 38.0 Å². The van der Waals surface area contributed by atoms with E-state index in [0.29, 0.717) is 38.2 Å². The zero-order chi connectivity index (χ0) is 18.5. The van der Waals surface area contributed by atoms with Gasteiger partial charge in [0.05, 0.1) is 23.4 Å². The second-order valence-corrected chi connectivity index (χ2v) is 7.88. The van der Waals surface area contributed by atoms with Gasteiger partial charge in [0.1, 0.15) is 0 Å². The Bertz CT molecular complexity index is 737. The van der Waals surface area contributed by atoms with E-state index in [1.807, 2.05) is 30.4 Å². The van der Waals surface area contributed by atoms with Gasteiger partial charge in [-0.15, -0.1) is 0 Å². The Balaban J connectivity index is 1.73. The van der Waals surface area contributed by atoms with E-state index in [1.165, 1.54) is 0 Å². The maximum absolute atomic E-state index is 13.6. The van der Waals surface area contributed by atoms with E-state index >= 15 is 0 Å². The van der Waals surface area contributed by atoms with Crippen molar-refractivity contribution in [3.63, 3.8) is 0 Å². The minimum atomic E-state index is -0.317. The topological polar surface area (TPSA) is 76.5 Å². The van der Waals surface area contributed by atoms with Crippen molar-refractivity contribution < 1.29 is 14.3 Å². The minimum Gasteiger partial charge on any atom is -0.369 e. The predicted octanol–water partition coefficient (Wildman–Crippen LogP) is 1.81. The largest absolute Gasteiger partial charge is 0.369 e. The molecule has 142 valence electrons. The van der Waals surface area contributed by atoms with Crippen molar-refractivity contribution >= 4 is 11.8 Å². The maximum atomic E-state index is 13.6. The number of hydrogen-bond acceptors (Lipinski definition) is 4. The summed E-state index contributed by atoms with van der Waals surface area (Å²) < 4.78 is 7.87. The SMILES string of the molecule is CCn1nc(C(=O)N2CCNC(=O)CC23CCC3)c2c1[C@H](C)O[C@H](C)C2. The van der Waals surface area contributed by atoms with Crippen LogP contribution in [0.25, 0.3) is 0 Å². The first-order valence-electron chi connectivity index (χ1n) is 9.79. The fourth-order valence-electron chi connectivity index (χ4n) is 4.81. The number of nitrogens with one attached hydrogen (secondary N) is 1. The molecule has 0 aromatic carbocycles. The molecule has 1 saturated heterocycles. The third-order valence-electron chi connectivity index (χ3n) is 6.16. The van der Waals surface area contributed by atoms with Crippen molar-refractivity contribution in [1.82, 2.24) is 20.0 Å². The van der Waals surface area contributed by atoms with Gasteiger partial charge in [0.2, 0.25) is 5.91 Å². The van der Waals surface area contributed by atoms with E-state index in [9.17, 15) is 9.59 Å². The van der Waals surface area contributed by atoms with Crippen LogP contribution in [-0.4, -0.2) is 51.2 Å². The van der Waals surface area contributed by atoms with Crippen LogP contribution < -0.4 is 5.32 Å². The number of rotatable bonds is 2. The van der Waals surface area contributed by atoms with Crippen LogP contribution in [0.15, 0.2) is 0 Å². The summed E-state index contributed by atoms with van der Waals surface area (Å²) in [5, 5.41) is 7.60. The van der Waals surface area contributed by atoms with Crippen molar-refractivity contribution in [2.45, 2.75) is 77.2 Å². The molecule has 2 atom stereocenters. The molecule has 1 aromatic heterocycles. The van der Waals surface area contributed by atoms with Crippen LogP contribution in [0.2, 0.25) is 0 Å². The summed E-state index contributed by atoms with van der Waals surface area (Å²) in [6.07, 6.45) is 4.00. The third-order valence-corrected chi connectivity index (χ3v) is 6.16. The van der Waals surface area contributed by atoms with Gasteiger partial charge in [-0.05, 0) is 40.0 Å². The van der Waals surface area contributed by atoms with E-state index in [2.05, 4.69) is 10.4 Å². The molecule has 1 aromatic rings. The van der Waals surface area contributed by atoms with Crippen molar-refractivity contribution in [2.24, 2.45) is 0 Å². The zero-order valence-corrected chi connectivity index (χ0v) is 15.9. The van der Waals surface area contributed by atoms with Crippen LogP contribution in [0.1, 0.15) is 74.3 Å². The number of aryl methyl sites for hydroxylation is 1. The van der Waals surface area contributed by atoms with E-state index in [4.69, 9.17) is 4.74 Å². The quantitative estimate of drug-likeness (QED) is 0.873. The summed E-state index contributed by atoms with van der Waals surface area (Å²) in [6, 6.07) is 0. The number of hydrogen-bond donors (Lipinski definition) is 1. The summed E-state index contributed by atoms with van der Waals surface area (Å²) in [7, 11) is 0. The van der Waals surface area contributed by atoms with Crippen LogP contribution in [0.4, 0.5) is 0 Å². The fourth-order valence-corrected chi connectivity index (χ4v) is 4.81. The summed E-state index contributed by atoms with van der Waals surface area (Å²) >= 11 is 0. The Morgan fingerprint density at radius 2 is 2.15 bits per heavy atom. The van der Waals surface area contributed by atoms with Gasteiger partial charge in [0.15, 0.2) is 5.69 Å². The molecule has 0 unspecified atom stereocenters. The molecule has 3 aliphatic rings. The van der Waals surface area contributed by atoms with Crippen LogP contribution >= 0.6 is 0 Å². The lowest BCUT2D eigenvalue weighted by Gasteiger charge is -2.48. The highest BCUT2D eigenvalue weighted by Gasteiger charge is 2.48. The van der Waals surface area contributed by atoms with Crippen LogP contribution in [0.3, 0.4) is 0 Å². The molecule has 1 aliphatic carbocycles. The molecule has 7 nitrogen and oxygen atoms in total. The Kier molecular flexibility index (Phi) is 4.29. The average molecular weight is 360 g/mol. The van der Waals surface area contributed by atoms with Crippen molar-refractivity contribution in [3.8, 4) is 0 Å². The Morgan fingerprint density at radius 3 is 2.81 bits per heavy atom. The summed E-state index contributed by atoms with van der Waals surface area (Å²) in [6.45, 7) is 7.88. The Labute approximate surface area is 154 Å². The van der Waals surface area contributed by atoms with Gasteiger partial charge in [-0.25, -0.2) is 0 Å². The zero-order valence-electron chi connectivity index (χ0n) is 15.9. The molecule has 2 fully saturated rings. The number of ether oxygens (including phenoxy) is 1. The summed E-state index contributed by atoms with van der Waals surface area (Å²) in [4.78, 5) is 27.6. The number of aromatic nitrogens is 2. The van der Waals surface area contributed by atoms with E-state index in [-0.39, 0.29) is 29.6 Å². The van der Waals surface area contributed by atoms with Gasteiger partial charge < -0.3 is 15.0 Å². The Hall–Kier alpha value is -1.89. The first-order chi connectivity index (χ1) is 12.4. The number of amides is 2. The van der Waals surface area contributed by atoms with Gasteiger partial charge in [0.25, 0.3) is 5.91 Å². The monoisotopic (exact) mass is 360 g/mol. The number of carbonyl (C=O) groups excluding carboxylic acids is 2. The highest BCUT2D eigenvalue weighted by molar-refractivity contribution is 5.95. The summed E-state index contributed by atoms with van der Waals surface area (Å²) in [5.41, 5.74) is 2.30. The molecule has 7 heteroatoms.